The normalized spacial score (nSPS) is 14.2. The Bertz CT molecular complexity index is 921. The van der Waals surface area contributed by atoms with Crippen LogP contribution in [0.25, 0.3) is 0 Å². The Morgan fingerprint density at radius 3 is 2.18 bits per heavy atom. The highest BCUT2D eigenvalue weighted by molar-refractivity contribution is 5.58. The van der Waals surface area contributed by atoms with Crippen molar-refractivity contribution in [3.05, 3.63) is 72.2 Å². The summed E-state index contributed by atoms with van der Waals surface area (Å²) in [6.45, 7) is 5.48. The van der Waals surface area contributed by atoms with Gasteiger partial charge in [0.05, 0.1) is 0 Å². The molecule has 0 radical (unpaired) electrons. The predicted molar refractivity (Wildman–Crippen MR) is 112 cm³/mol. The molecule has 0 bridgehead atoms. The van der Waals surface area contributed by atoms with Crippen LogP contribution in [0.3, 0.4) is 0 Å². The van der Waals surface area contributed by atoms with E-state index in [0.29, 0.717) is 5.95 Å². The Balaban J connectivity index is 1.49. The molecule has 3 aromatic rings. The molecule has 1 fully saturated rings. The third-order valence-electron chi connectivity index (χ3n) is 5.07. The van der Waals surface area contributed by atoms with Crippen LogP contribution in [-0.2, 0) is 0 Å². The molecule has 5 nitrogen and oxygen atoms in total. The molecule has 1 aliphatic heterocycles. The summed E-state index contributed by atoms with van der Waals surface area (Å²) >= 11 is 0. The SMILES string of the molecule is Cc1cc(N2CCN(c3ccc(F)cc3)CC2)nc(N(C)c2ccccc2)n1. The third-order valence-corrected chi connectivity index (χ3v) is 5.07. The molecule has 28 heavy (non-hydrogen) atoms. The van der Waals surface area contributed by atoms with Crippen LogP contribution < -0.4 is 14.7 Å². The van der Waals surface area contributed by atoms with Crippen molar-refractivity contribution in [3.63, 3.8) is 0 Å². The molecule has 2 heterocycles. The molecule has 1 aromatic heterocycles. The lowest BCUT2D eigenvalue weighted by Gasteiger charge is -2.37. The van der Waals surface area contributed by atoms with Gasteiger partial charge in [0, 0.05) is 56.4 Å². The van der Waals surface area contributed by atoms with Gasteiger partial charge in [0.25, 0.3) is 0 Å². The summed E-state index contributed by atoms with van der Waals surface area (Å²) in [5.74, 6) is 1.44. The van der Waals surface area contributed by atoms with Crippen LogP contribution in [0.4, 0.5) is 27.5 Å². The average molecular weight is 377 g/mol. The van der Waals surface area contributed by atoms with E-state index in [1.54, 1.807) is 0 Å². The fraction of sp³-hybridized carbons (Fsp3) is 0.273. The molecule has 2 aromatic carbocycles. The van der Waals surface area contributed by atoms with E-state index < -0.39 is 0 Å². The molecule has 1 aliphatic rings. The molecule has 0 N–H and O–H groups in total. The number of hydrogen-bond acceptors (Lipinski definition) is 5. The number of anilines is 4. The molecule has 0 amide bonds. The summed E-state index contributed by atoms with van der Waals surface area (Å²) in [5, 5.41) is 0. The summed E-state index contributed by atoms with van der Waals surface area (Å²) in [6, 6.07) is 18.9. The van der Waals surface area contributed by atoms with Crippen LogP contribution >= 0.6 is 0 Å². The molecule has 0 saturated carbocycles. The summed E-state index contributed by atoms with van der Waals surface area (Å²) in [4.78, 5) is 16.0. The van der Waals surface area contributed by atoms with Crippen molar-refractivity contribution in [1.82, 2.24) is 9.97 Å². The van der Waals surface area contributed by atoms with Gasteiger partial charge in [-0.05, 0) is 43.3 Å². The highest BCUT2D eigenvalue weighted by Crippen LogP contribution is 2.24. The zero-order valence-corrected chi connectivity index (χ0v) is 16.2. The Labute approximate surface area is 165 Å². The van der Waals surface area contributed by atoms with Gasteiger partial charge < -0.3 is 14.7 Å². The van der Waals surface area contributed by atoms with Gasteiger partial charge in [-0.15, -0.1) is 0 Å². The Morgan fingerprint density at radius 2 is 1.50 bits per heavy atom. The number of aryl methyl sites for hydroxylation is 1. The fourth-order valence-electron chi connectivity index (χ4n) is 3.46. The first-order valence-corrected chi connectivity index (χ1v) is 9.50. The number of rotatable bonds is 4. The molecule has 4 rings (SSSR count). The van der Waals surface area contributed by atoms with Crippen LogP contribution in [0.5, 0.6) is 0 Å². The van der Waals surface area contributed by atoms with E-state index in [1.165, 1.54) is 12.1 Å². The number of hydrogen-bond donors (Lipinski definition) is 0. The standard InChI is InChI=1S/C22H24FN5/c1-17-16-21(25-22(24-17)26(2)19-6-4-3-5-7-19)28-14-12-27(13-15-28)20-10-8-18(23)9-11-20/h3-11,16H,12-15H2,1-2H3. The minimum absolute atomic E-state index is 0.200. The highest BCUT2D eigenvalue weighted by Gasteiger charge is 2.20. The number of para-hydroxylation sites is 1. The predicted octanol–water partition coefficient (Wildman–Crippen LogP) is 4.02. The van der Waals surface area contributed by atoms with Gasteiger partial charge in [-0.2, -0.15) is 4.98 Å². The maximum Gasteiger partial charge on any atom is 0.231 e. The number of benzene rings is 2. The molecule has 144 valence electrons. The van der Waals surface area contributed by atoms with E-state index >= 15 is 0 Å². The second-order valence-electron chi connectivity index (χ2n) is 7.01. The van der Waals surface area contributed by atoms with Gasteiger partial charge in [0.2, 0.25) is 5.95 Å². The lowest BCUT2D eigenvalue weighted by molar-refractivity contribution is 0.624. The Hall–Kier alpha value is -3.15. The van der Waals surface area contributed by atoms with Crippen molar-refractivity contribution in [3.8, 4) is 0 Å². The molecule has 0 unspecified atom stereocenters. The summed E-state index contributed by atoms with van der Waals surface area (Å²) < 4.78 is 13.2. The van der Waals surface area contributed by atoms with Gasteiger partial charge in [0.15, 0.2) is 0 Å². The van der Waals surface area contributed by atoms with Crippen molar-refractivity contribution in [2.24, 2.45) is 0 Å². The second kappa shape index (κ2) is 7.84. The lowest BCUT2D eigenvalue weighted by atomic mass is 10.2. The molecular weight excluding hydrogens is 353 g/mol. The molecular formula is C22H24FN5. The number of halogens is 1. The largest absolute Gasteiger partial charge is 0.368 e. The number of aromatic nitrogens is 2. The first-order valence-electron chi connectivity index (χ1n) is 9.50. The number of piperazine rings is 1. The maximum atomic E-state index is 13.2. The summed E-state index contributed by atoms with van der Waals surface area (Å²) in [7, 11) is 1.99. The van der Waals surface area contributed by atoms with Crippen LogP contribution in [0, 0.1) is 12.7 Å². The van der Waals surface area contributed by atoms with Gasteiger partial charge in [-0.3, -0.25) is 0 Å². The van der Waals surface area contributed by atoms with Gasteiger partial charge >= 0.3 is 0 Å². The van der Waals surface area contributed by atoms with Gasteiger partial charge in [-0.25, -0.2) is 9.37 Å². The van der Waals surface area contributed by atoms with Crippen molar-refractivity contribution >= 4 is 23.1 Å². The van der Waals surface area contributed by atoms with Crippen LogP contribution in [-0.4, -0.2) is 43.2 Å². The van der Waals surface area contributed by atoms with E-state index in [1.807, 2.05) is 67.4 Å². The van der Waals surface area contributed by atoms with E-state index in [0.717, 1.165) is 49.1 Å². The van der Waals surface area contributed by atoms with E-state index in [9.17, 15) is 4.39 Å². The summed E-state index contributed by atoms with van der Waals surface area (Å²) in [6.07, 6.45) is 0. The van der Waals surface area contributed by atoms with Crippen molar-refractivity contribution in [1.29, 1.82) is 0 Å². The highest BCUT2D eigenvalue weighted by atomic mass is 19.1. The molecule has 1 saturated heterocycles. The number of nitrogens with zero attached hydrogens (tertiary/aromatic N) is 5. The molecule has 6 heteroatoms. The van der Waals surface area contributed by atoms with Crippen LogP contribution in [0.2, 0.25) is 0 Å². The molecule has 0 aliphatic carbocycles. The lowest BCUT2D eigenvalue weighted by Crippen LogP contribution is -2.47. The maximum absolute atomic E-state index is 13.2. The van der Waals surface area contributed by atoms with E-state index in [2.05, 4.69) is 14.8 Å². The first kappa shape index (κ1) is 18.2. The zero-order valence-electron chi connectivity index (χ0n) is 16.2. The smallest absolute Gasteiger partial charge is 0.231 e. The third kappa shape index (κ3) is 3.91. The van der Waals surface area contributed by atoms with Crippen LogP contribution in [0.1, 0.15) is 5.69 Å². The fourth-order valence-corrected chi connectivity index (χ4v) is 3.46. The van der Waals surface area contributed by atoms with E-state index in [-0.39, 0.29) is 5.82 Å². The summed E-state index contributed by atoms with van der Waals surface area (Å²) in [5.41, 5.74) is 3.06. The Kier molecular flexibility index (Phi) is 5.10. The van der Waals surface area contributed by atoms with Crippen molar-refractivity contribution < 1.29 is 4.39 Å². The molecule has 0 spiro atoms. The van der Waals surface area contributed by atoms with Crippen molar-refractivity contribution in [2.45, 2.75) is 6.92 Å². The first-order chi connectivity index (χ1) is 13.6. The minimum Gasteiger partial charge on any atom is -0.368 e. The second-order valence-corrected chi connectivity index (χ2v) is 7.01. The van der Waals surface area contributed by atoms with E-state index in [4.69, 9.17) is 4.98 Å². The van der Waals surface area contributed by atoms with Crippen LogP contribution in [0.15, 0.2) is 60.7 Å². The minimum atomic E-state index is -0.200. The van der Waals surface area contributed by atoms with Crippen molar-refractivity contribution in [2.75, 3.05) is 47.9 Å². The van der Waals surface area contributed by atoms with Gasteiger partial charge in [-0.1, -0.05) is 18.2 Å². The van der Waals surface area contributed by atoms with Gasteiger partial charge in [0.1, 0.15) is 11.6 Å². The monoisotopic (exact) mass is 377 g/mol. The molecule has 0 atom stereocenters. The quantitative estimate of drug-likeness (QED) is 0.686. The average Bonchev–Trinajstić information content (AvgIpc) is 2.74. The zero-order chi connectivity index (χ0) is 19.5. The topological polar surface area (TPSA) is 35.5 Å². The Morgan fingerprint density at radius 1 is 0.857 bits per heavy atom.